The molecule has 2 rings (SSSR count). The second-order valence-electron chi connectivity index (χ2n) is 4.63. The minimum atomic E-state index is -2.34. The molecule has 0 atom stereocenters. The first-order chi connectivity index (χ1) is 11.1. The van der Waals surface area contributed by atoms with Gasteiger partial charge in [-0.1, -0.05) is 0 Å². The topological polar surface area (TPSA) is 75.7 Å². The van der Waals surface area contributed by atoms with E-state index in [1.807, 2.05) is 0 Å². The molecule has 0 aliphatic heterocycles. The average molecular weight is 346 g/mol. The van der Waals surface area contributed by atoms with Crippen LogP contribution in [0.3, 0.4) is 0 Å². The maximum absolute atomic E-state index is 13.5. The molecule has 10 heteroatoms. The van der Waals surface area contributed by atoms with Gasteiger partial charge in [0.15, 0.2) is 23.3 Å². The SMILES string of the molecule is Cc1cc([N+](=O)[O-])cc(C=Nc2c(F)c(F)c(F)c(F)c2F)c1O. The van der Waals surface area contributed by atoms with Crippen molar-refractivity contribution in [2.45, 2.75) is 6.92 Å². The molecule has 2 aromatic carbocycles. The van der Waals surface area contributed by atoms with Gasteiger partial charge in [0.1, 0.15) is 11.4 Å². The van der Waals surface area contributed by atoms with Crippen LogP contribution >= 0.6 is 0 Å². The normalized spacial score (nSPS) is 11.2. The van der Waals surface area contributed by atoms with Crippen LogP contribution in [0.4, 0.5) is 33.3 Å². The molecule has 0 saturated carbocycles. The lowest BCUT2D eigenvalue weighted by Crippen LogP contribution is -2.01. The fourth-order valence-corrected chi connectivity index (χ4v) is 1.83. The zero-order chi connectivity index (χ0) is 18.2. The maximum Gasteiger partial charge on any atom is 0.270 e. The van der Waals surface area contributed by atoms with Gasteiger partial charge in [-0.05, 0) is 12.5 Å². The Kier molecular flexibility index (Phi) is 4.49. The first-order valence-corrected chi connectivity index (χ1v) is 6.18. The summed E-state index contributed by atoms with van der Waals surface area (Å²) in [6.07, 6.45) is 0.563. The number of hydrogen-bond acceptors (Lipinski definition) is 4. The van der Waals surface area contributed by atoms with Crippen LogP contribution in [0.5, 0.6) is 5.75 Å². The molecule has 126 valence electrons. The van der Waals surface area contributed by atoms with Gasteiger partial charge in [-0.15, -0.1) is 0 Å². The maximum atomic E-state index is 13.5. The highest BCUT2D eigenvalue weighted by atomic mass is 19.2. The number of nitro benzene ring substituents is 1. The van der Waals surface area contributed by atoms with Crippen LogP contribution in [0, 0.1) is 46.1 Å². The molecule has 0 aliphatic rings. The second-order valence-corrected chi connectivity index (χ2v) is 4.63. The van der Waals surface area contributed by atoms with E-state index in [2.05, 4.69) is 4.99 Å². The van der Waals surface area contributed by atoms with E-state index < -0.39 is 51.1 Å². The van der Waals surface area contributed by atoms with Gasteiger partial charge in [-0.3, -0.25) is 10.1 Å². The van der Waals surface area contributed by atoms with Gasteiger partial charge in [-0.25, -0.2) is 26.9 Å². The van der Waals surface area contributed by atoms with Crippen LogP contribution in [-0.2, 0) is 0 Å². The molecule has 0 aromatic heterocycles. The Morgan fingerprint density at radius 2 is 1.54 bits per heavy atom. The minimum Gasteiger partial charge on any atom is -0.507 e. The first-order valence-electron chi connectivity index (χ1n) is 6.18. The van der Waals surface area contributed by atoms with Crippen molar-refractivity contribution in [2.75, 3.05) is 0 Å². The number of hydrogen-bond donors (Lipinski definition) is 1. The van der Waals surface area contributed by atoms with Crippen LogP contribution in [0.15, 0.2) is 17.1 Å². The van der Waals surface area contributed by atoms with Crippen molar-refractivity contribution < 1.29 is 32.0 Å². The van der Waals surface area contributed by atoms with E-state index in [9.17, 15) is 37.2 Å². The average Bonchev–Trinajstić information content (AvgIpc) is 2.54. The van der Waals surface area contributed by atoms with Crippen molar-refractivity contribution in [3.05, 3.63) is 62.5 Å². The summed E-state index contributed by atoms with van der Waals surface area (Å²) < 4.78 is 66.0. The number of rotatable bonds is 3. The summed E-state index contributed by atoms with van der Waals surface area (Å²) >= 11 is 0. The fourth-order valence-electron chi connectivity index (χ4n) is 1.83. The van der Waals surface area contributed by atoms with E-state index in [-0.39, 0.29) is 11.1 Å². The third-order valence-corrected chi connectivity index (χ3v) is 3.04. The Morgan fingerprint density at radius 3 is 2.04 bits per heavy atom. The van der Waals surface area contributed by atoms with Gasteiger partial charge in [-0.2, -0.15) is 0 Å². The predicted octanol–water partition coefficient (Wildman–Crippen LogP) is 4.05. The molecule has 0 spiro atoms. The third kappa shape index (κ3) is 2.90. The number of nitrogens with zero attached hydrogens (tertiary/aromatic N) is 2. The standard InChI is InChI=1S/C14H7F5N2O3/c1-5-2-7(21(23)24)3-6(14(5)22)4-20-13-11(18)9(16)8(15)10(17)12(13)19/h2-4,22H,1H3. The lowest BCUT2D eigenvalue weighted by molar-refractivity contribution is -0.384. The van der Waals surface area contributed by atoms with E-state index in [1.54, 1.807) is 0 Å². The van der Waals surface area contributed by atoms with E-state index >= 15 is 0 Å². The Hall–Kier alpha value is -3.04. The molecule has 0 unspecified atom stereocenters. The summed E-state index contributed by atoms with van der Waals surface area (Å²) in [5, 5.41) is 20.5. The van der Waals surface area contributed by atoms with Gasteiger partial charge < -0.3 is 5.11 Å². The number of phenolic OH excluding ortho intramolecular Hbond substituents is 1. The number of halogens is 5. The molecule has 0 saturated heterocycles. The number of nitro groups is 1. The molecule has 0 bridgehead atoms. The van der Waals surface area contributed by atoms with Crippen LogP contribution < -0.4 is 0 Å². The van der Waals surface area contributed by atoms with Crippen molar-refractivity contribution in [1.82, 2.24) is 0 Å². The van der Waals surface area contributed by atoms with Crippen molar-refractivity contribution in [2.24, 2.45) is 4.99 Å². The van der Waals surface area contributed by atoms with Gasteiger partial charge in [0.05, 0.1) is 4.92 Å². The molecule has 0 amide bonds. The molecular weight excluding hydrogens is 339 g/mol. The zero-order valence-electron chi connectivity index (χ0n) is 11.8. The first kappa shape index (κ1) is 17.3. The van der Waals surface area contributed by atoms with E-state index in [0.717, 1.165) is 12.1 Å². The predicted molar refractivity (Wildman–Crippen MR) is 73.0 cm³/mol. The van der Waals surface area contributed by atoms with Crippen LogP contribution in [0.1, 0.15) is 11.1 Å². The van der Waals surface area contributed by atoms with Gasteiger partial charge >= 0.3 is 0 Å². The highest BCUT2D eigenvalue weighted by molar-refractivity contribution is 5.87. The highest BCUT2D eigenvalue weighted by Gasteiger charge is 2.25. The summed E-state index contributed by atoms with van der Waals surface area (Å²) in [6.45, 7) is 1.32. The summed E-state index contributed by atoms with van der Waals surface area (Å²) in [5.74, 6) is -11.5. The Balaban J connectivity index is 2.59. The van der Waals surface area contributed by atoms with Crippen LogP contribution in [0.25, 0.3) is 0 Å². The molecule has 0 radical (unpaired) electrons. The van der Waals surface area contributed by atoms with Crippen molar-refractivity contribution in [3.8, 4) is 5.75 Å². The third-order valence-electron chi connectivity index (χ3n) is 3.04. The molecular formula is C14H7F5N2O3. The van der Waals surface area contributed by atoms with E-state index in [1.165, 1.54) is 6.92 Å². The van der Waals surface area contributed by atoms with Crippen LogP contribution in [-0.4, -0.2) is 16.2 Å². The fraction of sp³-hybridized carbons (Fsp3) is 0.0714. The van der Waals surface area contributed by atoms with Gasteiger partial charge in [0.2, 0.25) is 5.82 Å². The number of benzene rings is 2. The summed E-state index contributed by atoms with van der Waals surface area (Å²) in [6, 6.07) is 1.86. The largest absolute Gasteiger partial charge is 0.507 e. The number of aromatic hydroxyl groups is 1. The molecule has 5 nitrogen and oxygen atoms in total. The van der Waals surface area contributed by atoms with Crippen LogP contribution in [0.2, 0.25) is 0 Å². The summed E-state index contributed by atoms with van der Waals surface area (Å²) in [7, 11) is 0. The number of phenols is 1. The Labute approximate surface area is 130 Å². The lowest BCUT2D eigenvalue weighted by atomic mass is 10.1. The molecule has 2 aromatic rings. The van der Waals surface area contributed by atoms with Gasteiger partial charge in [0, 0.05) is 23.9 Å². The molecule has 0 fully saturated rings. The van der Waals surface area contributed by atoms with Crippen molar-refractivity contribution in [1.29, 1.82) is 0 Å². The Morgan fingerprint density at radius 1 is 1.04 bits per heavy atom. The monoisotopic (exact) mass is 346 g/mol. The second kappa shape index (κ2) is 6.22. The Bertz CT molecular complexity index is 854. The summed E-state index contributed by atoms with van der Waals surface area (Å²) in [5.41, 5.74) is -2.20. The van der Waals surface area contributed by atoms with Crippen molar-refractivity contribution >= 4 is 17.6 Å². The molecule has 24 heavy (non-hydrogen) atoms. The smallest absolute Gasteiger partial charge is 0.270 e. The number of non-ortho nitro benzene ring substituents is 1. The number of aliphatic imine (C=N–C) groups is 1. The minimum absolute atomic E-state index is 0.0584. The quantitative estimate of drug-likeness (QED) is 0.227. The van der Waals surface area contributed by atoms with E-state index in [4.69, 9.17) is 0 Å². The molecule has 0 heterocycles. The van der Waals surface area contributed by atoms with Gasteiger partial charge in [0.25, 0.3) is 5.69 Å². The molecule has 1 N–H and O–H groups in total. The zero-order valence-corrected chi connectivity index (χ0v) is 11.8. The molecule has 0 aliphatic carbocycles. The highest BCUT2D eigenvalue weighted by Crippen LogP contribution is 2.31. The van der Waals surface area contributed by atoms with E-state index in [0.29, 0.717) is 6.21 Å². The van der Waals surface area contributed by atoms with Crippen molar-refractivity contribution in [3.63, 3.8) is 0 Å². The number of aryl methyl sites for hydroxylation is 1. The summed E-state index contributed by atoms with van der Waals surface area (Å²) in [4.78, 5) is 13.1. The lowest BCUT2D eigenvalue weighted by Gasteiger charge is -2.05.